The lowest BCUT2D eigenvalue weighted by atomic mass is 10.1. The molecule has 0 radical (unpaired) electrons. The quantitative estimate of drug-likeness (QED) is 0.586. The molecule has 3 N–H and O–H groups in total. The number of hydrogen-bond donors (Lipinski definition) is 2. The normalized spacial score (nSPS) is 11.7. The summed E-state index contributed by atoms with van der Waals surface area (Å²) in [7, 11) is 0. The van der Waals surface area contributed by atoms with Crippen LogP contribution >= 0.6 is 0 Å². The number of esters is 1. The summed E-state index contributed by atoms with van der Waals surface area (Å²) in [5, 5.41) is 8.95. The molecule has 1 aromatic rings. The smallest absolute Gasteiger partial charge is 0.345 e. The molecule has 6 heteroatoms. The fraction of sp³-hybridized carbons (Fsp3) is 0.429. The lowest BCUT2D eigenvalue weighted by Crippen LogP contribution is -2.26. The largest absolute Gasteiger partial charge is 0.492 e. The van der Waals surface area contributed by atoms with E-state index in [-0.39, 0.29) is 12.0 Å². The minimum atomic E-state index is -1.15. The number of hydrogen-bond acceptors (Lipinski definition) is 5. The molecule has 0 aliphatic carbocycles. The SMILES string of the molecule is CCCC(OC(=O)c1ccc(OCC)c(N)c1)C(=O)O. The highest BCUT2D eigenvalue weighted by atomic mass is 16.6. The highest BCUT2D eigenvalue weighted by molar-refractivity contribution is 5.92. The van der Waals surface area contributed by atoms with Gasteiger partial charge in [-0.25, -0.2) is 9.59 Å². The number of rotatable bonds is 7. The van der Waals surface area contributed by atoms with Gasteiger partial charge in [-0.1, -0.05) is 13.3 Å². The molecule has 1 rings (SSSR count). The Balaban J connectivity index is 2.81. The highest BCUT2D eigenvalue weighted by Gasteiger charge is 2.22. The molecule has 20 heavy (non-hydrogen) atoms. The molecule has 0 aromatic heterocycles. The van der Waals surface area contributed by atoms with Gasteiger partial charge in [-0.2, -0.15) is 0 Å². The molecule has 0 saturated heterocycles. The monoisotopic (exact) mass is 281 g/mol. The van der Waals surface area contributed by atoms with Crippen molar-refractivity contribution in [1.29, 1.82) is 0 Å². The van der Waals surface area contributed by atoms with E-state index in [0.717, 1.165) is 0 Å². The van der Waals surface area contributed by atoms with Crippen LogP contribution in [0.15, 0.2) is 18.2 Å². The van der Waals surface area contributed by atoms with Crippen LogP contribution in [0.3, 0.4) is 0 Å². The molecule has 0 fully saturated rings. The number of carboxylic acids is 1. The van der Waals surface area contributed by atoms with Gasteiger partial charge in [-0.15, -0.1) is 0 Å². The van der Waals surface area contributed by atoms with Gasteiger partial charge in [0.05, 0.1) is 17.9 Å². The Morgan fingerprint density at radius 1 is 1.35 bits per heavy atom. The number of carboxylic acid groups (broad SMARTS) is 1. The molecule has 0 aliphatic rings. The number of benzene rings is 1. The topological polar surface area (TPSA) is 98.9 Å². The molecule has 0 saturated carbocycles. The van der Waals surface area contributed by atoms with Gasteiger partial charge >= 0.3 is 11.9 Å². The van der Waals surface area contributed by atoms with Crippen LogP contribution in [-0.2, 0) is 9.53 Å². The van der Waals surface area contributed by atoms with E-state index in [1.54, 1.807) is 6.07 Å². The van der Waals surface area contributed by atoms with Crippen molar-refractivity contribution >= 4 is 17.6 Å². The first kappa shape index (κ1) is 15.8. The lowest BCUT2D eigenvalue weighted by Gasteiger charge is -2.13. The fourth-order valence-corrected chi connectivity index (χ4v) is 1.65. The average Bonchev–Trinajstić information content (AvgIpc) is 2.40. The van der Waals surface area contributed by atoms with E-state index in [2.05, 4.69) is 0 Å². The maximum Gasteiger partial charge on any atom is 0.345 e. The van der Waals surface area contributed by atoms with Gasteiger partial charge in [-0.3, -0.25) is 0 Å². The zero-order valence-corrected chi connectivity index (χ0v) is 11.6. The molecule has 110 valence electrons. The van der Waals surface area contributed by atoms with E-state index in [1.807, 2.05) is 13.8 Å². The van der Waals surface area contributed by atoms with E-state index >= 15 is 0 Å². The summed E-state index contributed by atoms with van der Waals surface area (Å²) >= 11 is 0. The van der Waals surface area contributed by atoms with Crippen molar-refractivity contribution in [1.82, 2.24) is 0 Å². The summed E-state index contributed by atoms with van der Waals surface area (Å²) in [4.78, 5) is 22.8. The van der Waals surface area contributed by atoms with Gasteiger partial charge in [0.2, 0.25) is 0 Å². The van der Waals surface area contributed by atoms with Crippen molar-refractivity contribution in [3.63, 3.8) is 0 Å². The van der Waals surface area contributed by atoms with Crippen LogP contribution in [0.5, 0.6) is 5.75 Å². The van der Waals surface area contributed by atoms with Gasteiger partial charge in [0.15, 0.2) is 6.10 Å². The van der Waals surface area contributed by atoms with Crippen molar-refractivity contribution in [2.75, 3.05) is 12.3 Å². The molecule has 0 heterocycles. The lowest BCUT2D eigenvalue weighted by molar-refractivity contribution is -0.147. The summed E-state index contributed by atoms with van der Waals surface area (Å²) in [6.07, 6.45) is -0.260. The summed E-state index contributed by atoms with van der Waals surface area (Å²) in [6.45, 7) is 4.11. The maximum atomic E-state index is 11.9. The minimum Gasteiger partial charge on any atom is -0.492 e. The van der Waals surface area contributed by atoms with E-state index in [0.29, 0.717) is 24.5 Å². The number of carbonyl (C=O) groups is 2. The van der Waals surface area contributed by atoms with E-state index in [1.165, 1.54) is 12.1 Å². The number of carbonyl (C=O) groups excluding carboxylic acids is 1. The summed E-state index contributed by atoms with van der Waals surface area (Å²) in [5.74, 6) is -1.38. The van der Waals surface area contributed by atoms with Crippen LogP contribution in [0.1, 0.15) is 37.0 Å². The zero-order chi connectivity index (χ0) is 15.1. The summed E-state index contributed by atoms with van der Waals surface area (Å²) < 4.78 is 10.2. The molecule has 1 atom stereocenters. The number of nitrogens with two attached hydrogens (primary N) is 1. The number of aliphatic carboxylic acids is 1. The Bertz CT molecular complexity index is 486. The van der Waals surface area contributed by atoms with Gasteiger partial charge in [0.1, 0.15) is 5.75 Å². The van der Waals surface area contributed by atoms with Crippen molar-refractivity contribution < 1.29 is 24.2 Å². The third kappa shape index (κ3) is 4.15. The summed E-state index contributed by atoms with van der Waals surface area (Å²) in [6, 6.07) is 4.47. The maximum absolute atomic E-state index is 11.9. The molecule has 0 aliphatic heterocycles. The Labute approximate surface area is 117 Å². The second-order valence-electron chi connectivity index (χ2n) is 4.21. The second-order valence-corrected chi connectivity index (χ2v) is 4.21. The van der Waals surface area contributed by atoms with Crippen molar-refractivity contribution in [2.45, 2.75) is 32.8 Å². The van der Waals surface area contributed by atoms with E-state index in [9.17, 15) is 9.59 Å². The molecule has 0 bridgehead atoms. The molecule has 1 aromatic carbocycles. The molecule has 0 spiro atoms. The fourth-order valence-electron chi connectivity index (χ4n) is 1.65. The van der Waals surface area contributed by atoms with Crippen LogP contribution in [0.25, 0.3) is 0 Å². The number of nitrogen functional groups attached to an aromatic ring is 1. The standard InChI is InChI=1S/C14H19NO5/c1-3-5-12(13(16)17)20-14(18)9-6-7-11(19-4-2)10(15)8-9/h6-8,12H,3-5,15H2,1-2H3,(H,16,17). The molecule has 6 nitrogen and oxygen atoms in total. The van der Waals surface area contributed by atoms with Crippen LogP contribution in [0.2, 0.25) is 0 Å². The number of anilines is 1. The van der Waals surface area contributed by atoms with Crippen LogP contribution in [-0.4, -0.2) is 29.8 Å². The Hall–Kier alpha value is -2.24. The predicted octanol–water partition coefficient (Wildman–Crippen LogP) is 2.08. The zero-order valence-electron chi connectivity index (χ0n) is 11.6. The van der Waals surface area contributed by atoms with Gasteiger partial charge in [-0.05, 0) is 31.5 Å². The third-order valence-corrected chi connectivity index (χ3v) is 2.62. The molecule has 1 unspecified atom stereocenters. The van der Waals surface area contributed by atoms with E-state index in [4.69, 9.17) is 20.3 Å². The Kier molecular flexibility index (Phi) is 5.83. The first-order chi connectivity index (χ1) is 9.49. The Morgan fingerprint density at radius 2 is 2.05 bits per heavy atom. The summed E-state index contributed by atoms with van der Waals surface area (Å²) in [5.41, 5.74) is 6.26. The first-order valence-electron chi connectivity index (χ1n) is 6.45. The van der Waals surface area contributed by atoms with Crippen molar-refractivity contribution in [3.8, 4) is 5.75 Å². The van der Waals surface area contributed by atoms with Crippen LogP contribution in [0, 0.1) is 0 Å². The second kappa shape index (κ2) is 7.37. The Morgan fingerprint density at radius 3 is 2.55 bits per heavy atom. The van der Waals surface area contributed by atoms with Crippen LogP contribution < -0.4 is 10.5 Å². The third-order valence-electron chi connectivity index (χ3n) is 2.62. The molecule has 0 amide bonds. The van der Waals surface area contributed by atoms with Crippen LogP contribution in [0.4, 0.5) is 5.69 Å². The van der Waals surface area contributed by atoms with Gasteiger partial charge in [0.25, 0.3) is 0 Å². The van der Waals surface area contributed by atoms with Crippen molar-refractivity contribution in [2.24, 2.45) is 0 Å². The van der Waals surface area contributed by atoms with E-state index < -0.39 is 18.0 Å². The number of ether oxygens (including phenoxy) is 2. The molecular formula is C14H19NO5. The van der Waals surface area contributed by atoms with Gasteiger partial charge < -0.3 is 20.3 Å². The first-order valence-corrected chi connectivity index (χ1v) is 6.45. The average molecular weight is 281 g/mol. The minimum absolute atomic E-state index is 0.202. The van der Waals surface area contributed by atoms with Crippen molar-refractivity contribution in [3.05, 3.63) is 23.8 Å². The molecular weight excluding hydrogens is 262 g/mol. The van der Waals surface area contributed by atoms with Gasteiger partial charge in [0, 0.05) is 0 Å². The predicted molar refractivity (Wildman–Crippen MR) is 73.8 cm³/mol. The highest BCUT2D eigenvalue weighted by Crippen LogP contribution is 2.23.